The van der Waals surface area contributed by atoms with Gasteiger partial charge in [0.2, 0.25) is 0 Å². The number of hydrogen-bond acceptors (Lipinski definition) is 2. The summed E-state index contributed by atoms with van der Waals surface area (Å²) in [7, 11) is 0. The lowest BCUT2D eigenvalue weighted by molar-refractivity contribution is 0.119. The van der Waals surface area contributed by atoms with E-state index < -0.39 is 0 Å². The molecule has 2 nitrogen and oxygen atoms in total. The van der Waals surface area contributed by atoms with E-state index in [1.165, 1.54) is 24.1 Å². The van der Waals surface area contributed by atoms with Crippen molar-refractivity contribution in [2.75, 3.05) is 13.1 Å². The molecule has 0 spiro atoms. The fourth-order valence-corrected chi connectivity index (χ4v) is 3.07. The zero-order valence-corrected chi connectivity index (χ0v) is 9.39. The van der Waals surface area contributed by atoms with Gasteiger partial charge in [-0.3, -0.25) is 4.90 Å². The zero-order chi connectivity index (χ0) is 11.0. The third-order valence-electron chi connectivity index (χ3n) is 3.98. The van der Waals surface area contributed by atoms with Crippen LogP contribution in [0.25, 0.3) is 0 Å². The molecule has 2 heteroatoms. The summed E-state index contributed by atoms with van der Waals surface area (Å²) in [5, 5.41) is 9.06. The van der Waals surface area contributed by atoms with Crippen molar-refractivity contribution in [2.24, 2.45) is 5.92 Å². The highest BCUT2D eigenvalue weighted by molar-refractivity contribution is 5.33. The van der Waals surface area contributed by atoms with Gasteiger partial charge in [0.1, 0.15) is 0 Å². The first-order valence-corrected chi connectivity index (χ1v) is 6.10. The van der Waals surface area contributed by atoms with Gasteiger partial charge in [-0.2, -0.15) is 5.26 Å². The van der Waals surface area contributed by atoms with E-state index in [0.717, 1.165) is 19.4 Å². The lowest BCUT2D eigenvalue weighted by atomic mass is 9.83. The molecule has 2 unspecified atom stereocenters. The fraction of sp³-hybridized carbons (Fsp3) is 0.500. The minimum absolute atomic E-state index is 0.257. The summed E-state index contributed by atoms with van der Waals surface area (Å²) in [5.41, 5.74) is 2.95. The molecule has 0 aliphatic carbocycles. The maximum Gasteiger partial charge on any atom is 0.0657 e. The van der Waals surface area contributed by atoms with Gasteiger partial charge in [0.15, 0.2) is 0 Å². The monoisotopic (exact) mass is 212 g/mol. The number of hydrogen-bond donors (Lipinski definition) is 0. The Kier molecular flexibility index (Phi) is 2.41. The molecule has 0 saturated carbocycles. The topological polar surface area (TPSA) is 27.0 Å². The predicted molar refractivity (Wildman–Crippen MR) is 62.8 cm³/mol. The number of nitriles is 1. The normalized spacial score (nSPS) is 28.9. The Bertz CT molecular complexity index is 433. The molecule has 1 saturated heterocycles. The molecule has 0 amide bonds. The van der Waals surface area contributed by atoms with E-state index in [2.05, 4.69) is 35.2 Å². The highest BCUT2D eigenvalue weighted by Crippen LogP contribution is 2.38. The van der Waals surface area contributed by atoms with Crippen LogP contribution in [0.1, 0.15) is 30.0 Å². The smallest absolute Gasteiger partial charge is 0.0657 e. The van der Waals surface area contributed by atoms with Crippen molar-refractivity contribution >= 4 is 0 Å². The second-order valence-electron chi connectivity index (χ2n) is 4.85. The number of rotatable bonds is 0. The average molecular weight is 212 g/mol. The molecule has 0 N–H and O–H groups in total. The third kappa shape index (κ3) is 1.52. The van der Waals surface area contributed by atoms with Crippen LogP contribution < -0.4 is 0 Å². The second-order valence-corrected chi connectivity index (χ2v) is 4.85. The Morgan fingerprint density at radius 1 is 1.25 bits per heavy atom. The van der Waals surface area contributed by atoms with Crippen LogP contribution in [-0.4, -0.2) is 18.0 Å². The van der Waals surface area contributed by atoms with Crippen LogP contribution >= 0.6 is 0 Å². The van der Waals surface area contributed by atoms with Crippen LogP contribution in [0.3, 0.4) is 0 Å². The summed E-state index contributed by atoms with van der Waals surface area (Å²) in [4.78, 5) is 2.55. The number of nitrogens with zero attached hydrogens (tertiary/aromatic N) is 2. The molecule has 1 aromatic rings. The van der Waals surface area contributed by atoms with Crippen molar-refractivity contribution < 1.29 is 0 Å². The maximum absolute atomic E-state index is 9.06. The van der Waals surface area contributed by atoms with Gasteiger partial charge in [0.25, 0.3) is 0 Å². The van der Waals surface area contributed by atoms with E-state index in [4.69, 9.17) is 5.26 Å². The van der Waals surface area contributed by atoms with Crippen molar-refractivity contribution in [3.05, 3.63) is 35.4 Å². The van der Waals surface area contributed by atoms with Crippen molar-refractivity contribution in [3.63, 3.8) is 0 Å². The summed E-state index contributed by atoms with van der Waals surface area (Å²) in [6.45, 7) is 2.26. The molecule has 82 valence electrons. The van der Waals surface area contributed by atoms with E-state index in [1.54, 1.807) is 0 Å². The number of piperidine rings is 1. The van der Waals surface area contributed by atoms with Crippen LogP contribution in [0.4, 0.5) is 0 Å². The molecule has 1 fully saturated rings. The number of fused-ring (bicyclic) bond motifs is 3. The summed E-state index contributed by atoms with van der Waals surface area (Å²) < 4.78 is 0. The standard InChI is InChI=1S/C14H16N2/c15-10-11-5-7-16-8-6-12-3-1-2-4-13(12)14(16)9-11/h1-4,11,14H,5-9H2. The summed E-state index contributed by atoms with van der Waals surface area (Å²) in [6.07, 6.45) is 3.24. The highest BCUT2D eigenvalue weighted by atomic mass is 15.2. The molecular formula is C14H16N2. The largest absolute Gasteiger partial charge is 0.296 e. The molecule has 16 heavy (non-hydrogen) atoms. The average Bonchev–Trinajstić information content (AvgIpc) is 2.38. The van der Waals surface area contributed by atoms with Crippen LogP contribution in [0.2, 0.25) is 0 Å². The van der Waals surface area contributed by atoms with Crippen molar-refractivity contribution in [3.8, 4) is 6.07 Å². The van der Waals surface area contributed by atoms with Gasteiger partial charge in [0.05, 0.1) is 6.07 Å². The SMILES string of the molecule is N#CC1CCN2CCc3ccccc3C2C1. The molecule has 2 aliphatic rings. The third-order valence-corrected chi connectivity index (χ3v) is 3.98. The maximum atomic E-state index is 9.06. The zero-order valence-electron chi connectivity index (χ0n) is 9.39. The molecule has 3 rings (SSSR count). The molecule has 2 heterocycles. The van der Waals surface area contributed by atoms with Gasteiger partial charge in [-0.05, 0) is 30.4 Å². The first-order chi connectivity index (χ1) is 7.88. The lowest BCUT2D eigenvalue weighted by Crippen LogP contribution is -2.41. The van der Waals surface area contributed by atoms with Crippen LogP contribution in [0.5, 0.6) is 0 Å². The van der Waals surface area contributed by atoms with E-state index in [0.29, 0.717) is 6.04 Å². The second kappa shape index (κ2) is 3.92. The Morgan fingerprint density at radius 3 is 3.00 bits per heavy atom. The van der Waals surface area contributed by atoms with Crippen molar-refractivity contribution in [1.29, 1.82) is 5.26 Å². The van der Waals surface area contributed by atoms with Crippen LogP contribution in [0.15, 0.2) is 24.3 Å². The first kappa shape index (κ1) is 9.86. The first-order valence-electron chi connectivity index (χ1n) is 6.10. The summed E-state index contributed by atoms with van der Waals surface area (Å²) >= 11 is 0. The molecule has 0 aromatic heterocycles. The van der Waals surface area contributed by atoms with Crippen molar-refractivity contribution in [2.45, 2.75) is 25.3 Å². The Hall–Kier alpha value is -1.33. The summed E-state index contributed by atoms with van der Waals surface area (Å²) in [6, 6.07) is 11.7. The summed E-state index contributed by atoms with van der Waals surface area (Å²) in [5.74, 6) is 0.257. The molecule has 2 atom stereocenters. The molecular weight excluding hydrogens is 196 g/mol. The Labute approximate surface area is 96.5 Å². The van der Waals surface area contributed by atoms with E-state index in [9.17, 15) is 0 Å². The highest BCUT2D eigenvalue weighted by Gasteiger charge is 2.32. The van der Waals surface area contributed by atoms with Crippen molar-refractivity contribution in [1.82, 2.24) is 4.90 Å². The van der Waals surface area contributed by atoms with E-state index in [-0.39, 0.29) is 5.92 Å². The van der Waals surface area contributed by atoms with Gasteiger partial charge < -0.3 is 0 Å². The fourth-order valence-electron chi connectivity index (χ4n) is 3.07. The van der Waals surface area contributed by atoms with Crippen LogP contribution in [-0.2, 0) is 6.42 Å². The van der Waals surface area contributed by atoms with E-state index in [1.807, 2.05) is 0 Å². The molecule has 0 bridgehead atoms. The molecule has 0 radical (unpaired) electrons. The minimum Gasteiger partial charge on any atom is -0.296 e. The van der Waals surface area contributed by atoms with E-state index >= 15 is 0 Å². The minimum atomic E-state index is 0.257. The Morgan fingerprint density at radius 2 is 2.12 bits per heavy atom. The van der Waals surface area contributed by atoms with Gasteiger partial charge >= 0.3 is 0 Å². The van der Waals surface area contributed by atoms with Gasteiger partial charge in [0, 0.05) is 25.0 Å². The quantitative estimate of drug-likeness (QED) is 0.660. The van der Waals surface area contributed by atoms with Gasteiger partial charge in [-0.25, -0.2) is 0 Å². The van der Waals surface area contributed by atoms with Gasteiger partial charge in [-0.15, -0.1) is 0 Å². The molecule has 2 aliphatic heterocycles. The molecule has 1 aromatic carbocycles. The lowest BCUT2D eigenvalue weighted by Gasteiger charge is -2.42. The van der Waals surface area contributed by atoms with Gasteiger partial charge in [-0.1, -0.05) is 24.3 Å². The number of benzene rings is 1. The van der Waals surface area contributed by atoms with Crippen LogP contribution in [0, 0.1) is 17.2 Å². The Balaban J connectivity index is 1.94. The predicted octanol–water partition coefficient (Wildman–Crippen LogP) is 2.52.